The lowest BCUT2D eigenvalue weighted by Crippen LogP contribution is -2.05. The molecule has 0 saturated carbocycles. The molecular formula is C15H13ClO3S. The van der Waals surface area contributed by atoms with E-state index in [0.717, 1.165) is 4.90 Å². The fourth-order valence-electron chi connectivity index (χ4n) is 1.63. The fourth-order valence-corrected chi connectivity index (χ4v) is 2.70. The first kappa shape index (κ1) is 14.8. The number of hydrogen-bond acceptors (Lipinski definition) is 3. The fraction of sp³-hybridized carbons (Fsp3) is 0.133. The quantitative estimate of drug-likeness (QED) is 0.641. The molecule has 0 bridgehead atoms. The average Bonchev–Trinajstić information content (AvgIpc) is 2.45. The van der Waals surface area contributed by atoms with Gasteiger partial charge in [0.05, 0.1) is 11.6 Å². The third-order valence-corrected chi connectivity index (χ3v) is 4.03. The van der Waals surface area contributed by atoms with Gasteiger partial charge < -0.3 is 9.84 Å². The maximum atomic E-state index is 11.0. The van der Waals surface area contributed by atoms with E-state index in [4.69, 9.17) is 21.4 Å². The Bertz CT molecular complexity index is 601. The first-order valence-corrected chi connectivity index (χ1v) is 7.37. The van der Waals surface area contributed by atoms with Crippen molar-refractivity contribution in [1.29, 1.82) is 0 Å². The number of hydrogen-bond donors (Lipinski definition) is 1. The molecule has 0 aliphatic carbocycles. The van der Waals surface area contributed by atoms with Gasteiger partial charge in [-0.2, -0.15) is 0 Å². The van der Waals surface area contributed by atoms with Crippen LogP contribution in [0.4, 0.5) is 0 Å². The number of para-hydroxylation sites is 1. The van der Waals surface area contributed by atoms with E-state index in [9.17, 15) is 4.79 Å². The van der Waals surface area contributed by atoms with Crippen molar-refractivity contribution in [3.63, 3.8) is 0 Å². The summed E-state index contributed by atoms with van der Waals surface area (Å²) in [4.78, 5) is 12.0. The highest BCUT2D eigenvalue weighted by Gasteiger charge is 2.09. The van der Waals surface area contributed by atoms with Crippen LogP contribution in [0.15, 0.2) is 53.4 Å². The number of carboxylic acids is 1. The van der Waals surface area contributed by atoms with Crippen LogP contribution in [0.1, 0.15) is 10.4 Å². The number of rotatable bonds is 6. The second-order valence-electron chi connectivity index (χ2n) is 3.93. The first-order chi connectivity index (χ1) is 9.68. The predicted molar refractivity (Wildman–Crippen MR) is 81.1 cm³/mol. The van der Waals surface area contributed by atoms with Crippen molar-refractivity contribution in [2.24, 2.45) is 0 Å². The van der Waals surface area contributed by atoms with Crippen LogP contribution in [0.5, 0.6) is 5.75 Å². The summed E-state index contributed by atoms with van der Waals surface area (Å²) in [5, 5.41) is 9.75. The number of benzene rings is 2. The van der Waals surface area contributed by atoms with Crippen molar-refractivity contribution in [1.82, 2.24) is 0 Å². The predicted octanol–water partition coefficient (Wildman–Crippen LogP) is 4.21. The number of halogens is 1. The summed E-state index contributed by atoms with van der Waals surface area (Å²) in [5.41, 5.74) is 0.176. The highest BCUT2D eigenvalue weighted by Crippen LogP contribution is 2.26. The Hall–Kier alpha value is -1.65. The zero-order valence-electron chi connectivity index (χ0n) is 10.6. The number of aromatic carboxylic acids is 1. The van der Waals surface area contributed by atoms with Crippen LogP contribution in [0.25, 0.3) is 0 Å². The lowest BCUT2D eigenvalue weighted by molar-refractivity contribution is 0.0692. The van der Waals surface area contributed by atoms with Gasteiger partial charge in [0.1, 0.15) is 11.3 Å². The SMILES string of the molecule is O=C(O)c1ccccc1OCCSc1ccccc1Cl. The van der Waals surface area contributed by atoms with Crippen LogP contribution >= 0.6 is 23.4 Å². The van der Waals surface area contributed by atoms with Crippen LogP contribution in [-0.2, 0) is 0 Å². The Balaban J connectivity index is 1.88. The summed E-state index contributed by atoms with van der Waals surface area (Å²) in [7, 11) is 0. The molecule has 0 unspecified atom stereocenters. The molecule has 0 atom stereocenters. The first-order valence-electron chi connectivity index (χ1n) is 6.01. The van der Waals surface area contributed by atoms with E-state index < -0.39 is 5.97 Å². The van der Waals surface area contributed by atoms with Crippen molar-refractivity contribution in [2.45, 2.75) is 4.90 Å². The van der Waals surface area contributed by atoms with Gasteiger partial charge in [0.25, 0.3) is 0 Å². The molecule has 5 heteroatoms. The standard InChI is InChI=1S/C15H13ClO3S/c16-12-6-2-4-8-14(12)20-10-9-19-13-7-3-1-5-11(13)15(17)18/h1-8H,9-10H2,(H,17,18). The van der Waals surface area contributed by atoms with E-state index in [1.807, 2.05) is 24.3 Å². The third-order valence-electron chi connectivity index (χ3n) is 2.55. The molecule has 2 aromatic rings. The monoisotopic (exact) mass is 308 g/mol. The molecule has 2 aromatic carbocycles. The molecule has 0 heterocycles. The van der Waals surface area contributed by atoms with E-state index in [1.165, 1.54) is 6.07 Å². The van der Waals surface area contributed by atoms with Crippen molar-refractivity contribution in [3.05, 3.63) is 59.1 Å². The van der Waals surface area contributed by atoms with Gasteiger partial charge in [0.2, 0.25) is 0 Å². The Labute approximate surface area is 126 Å². The molecule has 104 valence electrons. The minimum atomic E-state index is -0.987. The molecule has 0 aromatic heterocycles. The summed E-state index contributed by atoms with van der Waals surface area (Å²) >= 11 is 7.62. The third kappa shape index (κ3) is 3.92. The van der Waals surface area contributed by atoms with Gasteiger partial charge in [-0.1, -0.05) is 35.9 Å². The van der Waals surface area contributed by atoms with Crippen LogP contribution in [0.3, 0.4) is 0 Å². The molecule has 0 radical (unpaired) electrons. The summed E-state index contributed by atoms with van der Waals surface area (Å²) in [6, 6.07) is 14.2. The van der Waals surface area contributed by atoms with Crippen LogP contribution in [0.2, 0.25) is 5.02 Å². The lowest BCUT2D eigenvalue weighted by Gasteiger charge is -2.09. The zero-order chi connectivity index (χ0) is 14.4. The maximum absolute atomic E-state index is 11.0. The zero-order valence-corrected chi connectivity index (χ0v) is 12.2. The van der Waals surface area contributed by atoms with Crippen molar-refractivity contribution in [2.75, 3.05) is 12.4 Å². The summed E-state index contributed by atoms with van der Waals surface area (Å²) in [6.45, 7) is 0.417. The lowest BCUT2D eigenvalue weighted by atomic mass is 10.2. The van der Waals surface area contributed by atoms with Crippen molar-refractivity contribution in [3.8, 4) is 5.75 Å². The van der Waals surface area contributed by atoms with Crippen molar-refractivity contribution < 1.29 is 14.6 Å². The average molecular weight is 309 g/mol. The maximum Gasteiger partial charge on any atom is 0.339 e. The van der Waals surface area contributed by atoms with E-state index in [-0.39, 0.29) is 5.56 Å². The van der Waals surface area contributed by atoms with E-state index in [1.54, 1.807) is 30.0 Å². The van der Waals surface area contributed by atoms with Gasteiger partial charge in [-0.25, -0.2) is 4.79 Å². The highest BCUT2D eigenvalue weighted by atomic mass is 35.5. The van der Waals surface area contributed by atoms with Crippen LogP contribution in [-0.4, -0.2) is 23.4 Å². The molecular weight excluding hydrogens is 296 g/mol. The summed E-state index contributed by atoms with van der Waals surface area (Å²) in [6.07, 6.45) is 0. The minimum absolute atomic E-state index is 0.176. The van der Waals surface area contributed by atoms with E-state index in [2.05, 4.69) is 0 Å². The number of carboxylic acid groups (broad SMARTS) is 1. The van der Waals surface area contributed by atoms with Gasteiger partial charge >= 0.3 is 5.97 Å². The van der Waals surface area contributed by atoms with Gasteiger partial charge in [-0.3, -0.25) is 0 Å². The van der Waals surface area contributed by atoms with E-state index >= 15 is 0 Å². The van der Waals surface area contributed by atoms with Crippen molar-refractivity contribution >= 4 is 29.3 Å². The molecule has 0 aliphatic heterocycles. The smallest absolute Gasteiger partial charge is 0.339 e. The Kier molecular flexibility index (Phi) is 5.32. The van der Waals surface area contributed by atoms with Gasteiger partial charge in [0, 0.05) is 10.6 Å². The number of thioether (sulfide) groups is 1. The van der Waals surface area contributed by atoms with Gasteiger partial charge in [-0.15, -0.1) is 11.8 Å². The van der Waals surface area contributed by atoms with Gasteiger partial charge in [-0.05, 0) is 24.3 Å². The van der Waals surface area contributed by atoms with Gasteiger partial charge in [0.15, 0.2) is 0 Å². The summed E-state index contributed by atoms with van der Waals surface area (Å²) in [5.74, 6) is 0.0941. The molecule has 0 amide bonds. The van der Waals surface area contributed by atoms with Crippen LogP contribution in [0, 0.1) is 0 Å². The molecule has 1 N–H and O–H groups in total. The second kappa shape index (κ2) is 7.22. The second-order valence-corrected chi connectivity index (χ2v) is 5.47. The largest absolute Gasteiger partial charge is 0.492 e. The Morgan fingerprint density at radius 3 is 2.60 bits per heavy atom. The Morgan fingerprint density at radius 1 is 1.15 bits per heavy atom. The Morgan fingerprint density at radius 2 is 1.85 bits per heavy atom. The number of carbonyl (C=O) groups is 1. The normalized spacial score (nSPS) is 10.2. The summed E-state index contributed by atoms with van der Waals surface area (Å²) < 4.78 is 5.52. The molecule has 0 saturated heterocycles. The molecule has 0 aliphatic rings. The minimum Gasteiger partial charge on any atom is -0.492 e. The molecule has 0 spiro atoms. The molecule has 20 heavy (non-hydrogen) atoms. The molecule has 3 nitrogen and oxygen atoms in total. The highest BCUT2D eigenvalue weighted by molar-refractivity contribution is 7.99. The number of ether oxygens (including phenoxy) is 1. The van der Waals surface area contributed by atoms with E-state index in [0.29, 0.717) is 23.1 Å². The topological polar surface area (TPSA) is 46.5 Å². The van der Waals surface area contributed by atoms with Crippen LogP contribution < -0.4 is 4.74 Å². The molecule has 2 rings (SSSR count). The molecule has 0 fully saturated rings.